The zero-order chi connectivity index (χ0) is 13.9. The van der Waals surface area contributed by atoms with Crippen LogP contribution in [0, 0.1) is 13.8 Å². The largest absolute Gasteiger partial charge is 0.355 e. The van der Waals surface area contributed by atoms with Crippen molar-refractivity contribution < 1.29 is 0 Å². The zero-order valence-corrected chi connectivity index (χ0v) is 12.2. The Morgan fingerprint density at radius 1 is 0.950 bits per heavy atom. The van der Waals surface area contributed by atoms with Crippen molar-refractivity contribution in [2.45, 2.75) is 39.5 Å². The van der Waals surface area contributed by atoms with Gasteiger partial charge in [0.15, 0.2) is 5.82 Å². The second kappa shape index (κ2) is 5.61. The quantitative estimate of drug-likeness (QED) is 0.842. The molecule has 0 saturated carbocycles. The first-order valence-corrected chi connectivity index (χ1v) is 7.35. The normalized spacial score (nSPS) is 16.2. The van der Waals surface area contributed by atoms with Gasteiger partial charge in [-0.15, -0.1) is 0 Å². The van der Waals surface area contributed by atoms with Crippen LogP contribution in [0.2, 0.25) is 0 Å². The zero-order valence-electron chi connectivity index (χ0n) is 12.2. The molecule has 0 aromatic carbocycles. The number of hydrogen-bond donors (Lipinski definition) is 0. The van der Waals surface area contributed by atoms with Crippen LogP contribution in [0.15, 0.2) is 18.5 Å². The van der Waals surface area contributed by atoms with Gasteiger partial charge in [-0.1, -0.05) is 12.8 Å². The van der Waals surface area contributed by atoms with Crippen LogP contribution in [0.1, 0.15) is 37.1 Å². The van der Waals surface area contributed by atoms with Crippen LogP contribution in [-0.2, 0) is 0 Å². The van der Waals surface area contributed by atoms with Crippen molar-refractivity contribution in [3.63, 3.8) is 0 Å². The Morgan fingerprint density at radius 2 is 1.65 bits per heavy atom. The third-order valence-corrected chi connectivity index (χ3v) is 3.77. The molecule has 0 radical (unpaired) electrons. The highest BCUT2D eigenvalue weighted by molar-refractivity contribution is 5.40. The smallest absolute Gasteiger partial charge is 0.174 e. The minimum absolute atomic E-state index is 0.803. The molecule has 2 aromatic heterocycles. The van der Waals surface area contributed by atoms with E-state index in [1.54, 1.807) is 6.20 Å². The second-order valence-electron chi connectivity index (χ2n) is 5.48. The molecule has 3 rings (SSSR count). The molecule has 0 atom stereocenters. The number of rotatable bonds is 2. The van der Waals surface area contributed by atoms with Crippen molar-refractivity contribution in [1.29, 1.82) is 0 Å². The average Bonchev–Trinajstić information content (AvgIpc) is 2.68. The van der Waals surface area contributed by atoms with Crippen LogP contribution in [0.4, 0.5) is 5.82 Å². The SMILES string of the molecule is Cc1cc(C)n(-c2cncc(N3CCCCCC3)n2)n1. The van der Waals surface area contributed by atoms with Crippen LogP contribution in [0.5, 0.6) is 0 Å². The van der Waals surface area contributed by atoms with E-state index in [0.717, 1.165) is 36.1 Å². The maximum absolute atomic E-state index is 4.75. The number of aromatic nitrogens is 4. The molecule has 1 fully saturated rings. The topological polar surface area (TPSA) is 46.8 Å². The molecule has 0 aliphatic carbocycles. The summed E-state index contributed by atoms with van der Waals surface area (Å²) >= 11 is 0. The van der Waals surface area contributed by atoms with Gasteiger partial charge in [-0.05, 0) is 32.8 Å². The second-order valence-corrected chi connectivity index (χ2v) is 5.48. The number of hydrogen-bond acceptors (Lipinski definition) is 4. The Balaban J connectivity index is 1.90. The summed E-state index contributed by atoms with van der Waals surface area (Å²) in [7, 11) is 0. The van der Waals surface area contributed by atoms with E-state index >= 15 is 0 Å². The van der Waals surface area contributed by atoms with Gasteiger partial charge in [0, 0.05) is 18.8 Å². The van der Waals surface area contributed by atoms with Crippen molar-refractivity contribution in [2.24, 2.45) is 0 Å². The molecule has 0 unspecified atom stereocenters. The summed E-state index contributed by atoms with van der Waals surface area (Å²) in [6.45, 7) is 6.19. The molecule has 0 bridgehead atoms. The van der Waals surface area contributed by atoms with Gasteiger partial charge in [0.25, 0.3) is 0 Å². The van der Waals surface area contributed by atoms with Crippen LogP contribution in [0.3, 0.4) is 0 Å². The molecule has 1 aliphatic rings. The van der Waals surface area contributed by atoms with E-state index in [4.69, 9.17) is 4.98 Å². The fourth-order valence-electron chi connectivity index (χ4n) is 2.76. The van der Waals surface area contributed by atoms with E-state index < -0.39 is 0 Å². The van der Waals surface area contributed by atoms with Crippen molar-refractivity contribution in [1.82, 2.24) is 19.7 Å². The molecule has 5 nitrogen and oxygen atoms in total. The lowest BCUT2D eigenvalue weighted by atomic mass is 10.2. The molecule has 0 N–H and O–H groups in total. The summed E-state index contributed by atoms with van der Waals surface area (Å²) in [4.78, 5) is 11.4. The first-order valence-electron chi connectivity index (χ1n) is 7.35. The Morgan fingerprint density at radius 3 is 2.30 bits per heavy atom. The van der Waals surface area contributed by atoms with E-state index in [1.807, 2.05) is 24.7 Å². The van der Waals surface area contributed by atoms with E-state index in [9.17, 15) is 0 Å². The van der Waals surface area contributed by atoms with E-state index in [2.05, 4.69) is 21.0 Å². The summed E-state index contributed by atoms with van der Waals surface area (Å²) in [5.74, 6) is 1.77. The Bertz CT molecular complexity index is 582. The van der Waals surface area contributed by atoms with E-state index in [1.165, 1.54) is 25.7 Å². The molecular weight excluding hydrogens is 250 g/mol. The molecular formula is C15H21N5. The Labute approximate surface area is 119 Å². The molecule has 0 spiro atoms. The average molecular weight is 271 g/mol. The van der Waals surface area contributed by atoms with Gasteiger partial charge >= 0.3 is 0 Å². The molecule has 1 aliphatic heterocycles. The summed E-state index contributed by atoms with van der Waals surface area (Å²) in [5.41, 5.74) is 2.09. The Kier molecular flexibility index (Phi) is 3.67. The lowest BCUT2D eigenvalue weighted by Gasteiger charge is -2.21. The third kappa shape index (κ3) is 2.66. The first kappa shape index (κ1) is 13.1. The molecule has 1 saturated heterocycles. The van der Waals surface area contributed by atoms with Gasteiger partial charge in [-0.25, -0.2) is 9.67 Å². The molecule has 106 valence electrons. The van der Waals surface area contributed by atoms with E-state index in [-0.39, 0.29) is 0 Å². The maximum atomic E-state index is 4.75. The predicted octanol–water partition coefficient (Wildman–Crippen LogP) is 2.66. The predicted molar refractivity (Wildman–Crippen MR) is 79.3 cm³/mol. The molecule has 20 heavy (non-hydrogen) atoms. The van der Waals surface area contributed by atoms with Crippen molar-refractivity contribution in [3.8, 4) is 5.82 Å². The van der Waals surface area contributed by atoms with E-state index in [0.29, 0.717) is 0 Å². The minimum Gasteiger partial charge on any atom is -0.355 e. The highest BCUT2D eigenvalue weighted by Crippen LogP contribution is 2.18. The highest BCUT2D eigenvalue weighted by atomic mass is 15.3. The third-order valence-electron chi connectivity index (χ3n) is 3.77. The summed E-state index contributed by atoms with van der Waals surface area (Å²) in [5, 5.41) is 4.48. The summed E-state index contributed by atoms with van der Waals surface area (Å²) in [6, 6.07) is 2.06. The van der Waals surface area contributed by atoms with Crippen LogP contribution in [0.25, 0.3) is 5.82 Å². The van der Waals surface area contributed by atoms with Crippen molar-refractivity contribution in [3.05, 3.63) is 29.8 Å². The van der Waals surface area contributed by atoms with Gasteiger partial charge in [0.05, 0.1) is 18.1 Å². The summed E-state index contributed by atoms with van der Waals surface area (Å²) in [6.07, 6.45) is 8.76. The van der Waals surface area contributed by atoms with Crippen LogP contribution >= 0.6 is 0 Å². The molecule has 2 aromatic rings. The van der Waals surface area contributed by atoms with Gasteiger partial charge in [0.2, 0.25) is 0 Å². The highest BCUT2D eigenvalue weighted by Gasteiger charge is 2.13. The van der Waals surface area contributed by atoms with Gasteiger partial charge in [-0.3, -0.25) is 4.98 Å². The van der Waals surface area contributed by atoms with Crippen LogP contribution < -0.4 is 4.90 Å². The fourth-order valence-corrected chi connectivity index (χ4v) is 2.76. The van der Waals surface area contributed by atoms with Crippen molar-refractivity contribution in [2.75, 3.05) is 18.0 Å². The van der Waals surface area contributed by atoms with Gasteiger partial charge in [-0.2, -0.15) is 5.10 Å². The number of aryl methyl sites for hydroxylation is 2. The number of anilines is 1. The van der Waals surface area contributed by atoms with Gasteiger partial charge in [0.1, 0.15) is 5.82 Å². The van der Waals surface area contributed by atoms with Gasteiger partial charge < -0.3 is 4.90 Å². The Hall–Kier alpha value is -1.91. The lowest BCUT2D eigenvalue weighted by molar-refractivity contribution is 0.726. The fraction of sp³-hybridized carbons (Fsp3) is 0.533. The number of nitrogens with zero attached hydrogens (tertiary/aromatic N) is 5. The maximum Gasteiger partial charge on any atom is 0.174 e. The minimum atomic E-state index is 0.803. The van der Waals surface area contributed by atoms with Crippen LogP contribution in [-0.4, -0.2) is 32.8 Å². The van der Waals surface area contributed by atoms with Crippen molar-refractivity contribution >= 4 is 5.82 Å². The first-order chi connectivity index (χ1) is 9.74. The lowest BCUT2D eigenvalue weighted by Crippen LogP contribution is -2.25. The molecule has 3 heterocycles. The molecule has 5 heteroatoms. The monoisotopic (exact) mass is 271 g/mol. The molecule has 0 amide bonds. The standard InChI is InChI=1S/C15H21N5/c1-12-9-13(2)20(18-12)15-11-16-10-14(17-15)19-7-5-3-4-6-8-19/h9-11H,3-8H2,1-2H3. The summed E-state index contributed by atoms with van der Waals surface area (Å²) < 4.78 is 1.86.